The van der Waals surface area contributed by atoms with Crippen LogP contribution in [0.25, 0.3) is 10.4 Å². The average molecular weight is 411 g/mol. The van der Waals surface area contributed by atoms with E-state index in [9.17, 15) is 35.7 Å². The molecule has 0 aromatic heterocycles. The van der Waals surface area contributed by atoms with Crippen LogP contribution < -0.4 is 0 Å². The summed E-state index contributed by atoms with van der Waals surface area (Å²) in [4.78, 5) is 2.53. The molecule has 2 fully saturated rings. The Bertz CT molecular complexity index is 533. The van der Waals surface area contributed by atoms with Crippen molar-refractivity contribution in [3.63, 3.8) is 0 Å². The second-order valence-electron chi connectivity index (χ2n) is 6.33. The zero-order chi connectivity index (χ0) is 20.8. The number of rotatable bonds is 8. The van der Waals surface area contributed by atoms with E-state index in [1.807, 2.05) is 0 Å². The van der Waals surface area contributed by atoms with Gasteiger partial charge in [0.05, 0.1) is 19.8 Å². The highest BCUT2D eigenvalue weighted by molar-refractivity contribution is 4.94. The van der Waals surface area contributed by atoms with Gasteiger partial charge in [-0.3, -0.25) is 0 Å². The van der Waals surface area contributed by atoms with Crippen LogP contribution in [0.2, 0.25) is 0 Å². The third-order valence-corrected chi connectivity index (χ3v) is 4.50. The number of hydrogen-bond acceptors (Lipinski definition) is 12. The molecule has 7 N–H and O–H groups in total. The summed E-state index contributed by atoms with van der Waals surface area (Å²) in [5.41, 5.74) is 8.21. The van der Waals surface area contributed by atoms with Crippen LogP contribution in [0.3, 0.4) is 0 Å². The van der Waals surface area contributed by atoms with E-state index in [-0.39, 0.29) is 13.2 Å². The molecule has 2 saturated heterocycles. The van der Waals surface area contributed by atoms with Gasteiger partial charge < -0.3 is 54.7 Å². The first-order chi connectivity index (χ1) is 13.3. The fraction of sp³-hybridized carbons (Fsp3) is 1.00. The normalized spacial score (nSPS) is 44.1. The van der Waals surface area contributed by atoms with Gasteiger partial charge in [-0.15, -0.1) is 0 Å². The first-order valence-corrected chi connectivity index (χ1v) is 8.56. The van der Waals surface area contributed by atoms with Crippen LogP contribution in [0.15, 0.2) is 5.11 Å². The van der Waals surface area contributed by atoms with E-state index in [1.165, 1.54) is 0 Å². The van der Waals surface area contributed by atoms with Gasteiger partial charge >= 0.3 is 0 Å². The lowest BCUT2D eigenvalue weighted by molar-refractivity contribution is -0.359. The van der Waals surface area contributed by atoms with E-state index in [4.69, 9.17) is 24.5 Å². The first-order valence-electron chi connectivity index (χ1n) is 8.56. The van der Waals surface area contributed by atoms with Crippen LogP contribution in [0.5, 0.6) is 0 Å². The summed E-state index contributed by atoms with van der Waals surface area (Å²) in [5, 5.41) is 72.1. The molecule has 2 aliphatic rings. The zero-order valence-corrected chi connectivity index (χ0v) is 14.7. The van der Waals surface area contributed by atoms with Gasteiger partial charge in [0.1, 0.15) is 48.8 Å². The van der Waals surface area contributed by atoms with E-state index in [1.54, 1.807) is 0 Å². The minimum Gasteiger partial charge on any atom is -0.394 e. The fourth-order valence-electron chi connectivity index (χ4n) is 2.95. The molecule has 10 atom stereocenters. The van der Waals surface area contributed by atoms with Gasteiger partial charge in [-0.25, -0.2) is 0 Å². The zero-order valence-electron chi connectivity index (χ0n) is 14.7. The number of nitrogens with zero attached hydrogens (tertiary/aromatic N) is 3. The maximum Gasteiger partial charge on any atom is 0.187 e. The Morgan fingerprint density at radius 3 is 2.04 bits per heavy atom. The third kappa shape index (κ3) is 5.07. The molecule has 0 saturated carbocycles. The van der Waals surface area contributed by atoms with Crippen molar-refractivity contribution in [1.29, 1.82) is 0 Å². The second kappa shape index (κ2) is 10.6. The summed E-state index contributed by atoms with van der Waals surface area (Å²) in [6, 6.07) is 0. The largest absolute Gasteiger partial charge is 0.394 e. The van der Waals surface area contributed by atoms with Gasteiger partial charge in [-0.2, -0.15) is 0 Å². The summed E-state index contributed by atoms with van der Waals surface area (Å²) in [5.74, 6) is 0. The number of azide groups is 1. The van der Waals surface area contributed by atoms with Crippen molar-refractivity contribution < 1.29 is 54.7 Å². The van der Waals surface area contributed by atoms with Crippen LogP contribution in [-0.4, -0.2) is 124 Å². The highest BCUT2D eigenvalue weighted by Gasteiger charge is 2.50. The van der Waals surface area contributed by atoms with Crippen LogP contribution in [0.1, 0.15) is 0 Å². The molecule has 0 amide bonds. The standard InChI is InChI=1S/C14H25N3O11/c15-17-16-1-2-25-13-11(24)9(22)12(6(4-19)27-13)28-14-10(23)8(21)7(20)5(3-18)26-14/h5-14,18-24H,1-4H2/t5-,6-,7-,8+,9-,10-,11-,12-,13-,14-/m1/s1. The van der Waals surface area contributed by atoms with Crippen molar-refractivity contribution in [3.8, 4) is 0 Å². The van der Waals surface area contributed by atoms with E-state index in [2.05, 4.69) is 10.0 Å². The molecule has 0 aromatic rings. The molecular weight excluding hydrogens is 386 g/mol. The third-order valence-electron chi connectivity index (χ3n) is 4.50. The summed E-state index contributed by atoms with van der Waals surface area (Å²) < 4.78 is 21.1. The molecule has 0 radical (unpaired) electrons. The predicted octanol–water partition coefficient (Wildman–Crippen LogP) is -4.06. The number of ether oxygens (including phenoxy) is 4. The molecule has 0 aromatic carbocycles. The number of aliphatic hydroxyl groups excluding tert-OH is 7. The second-order valence-corrected chi connectivity index (χ2v) is 6.33. The molecule has 14 nitrogen and oxygen atoms in total. The van der Waals surface area contributed by atoms with E-state index >= 15 is 0 Å². The summed E-state index contributed by atoms with van der Waals surface area (Å²) >= 11 is 0. The quantitative estimate of drug-likeness (QED) is 0.0879. The van der Waals surface area contributed by atoms with Gasteiger partial charge in [-0.1, -0.05) is 5.11 Å². The Kier molecular flexibility index (Phi) is 8.76. The molecular formula is C14H25N3O11. The lowest BCUT2D eigenvalue weighted by atomic mass is 9.97. The molecule has 2 rings (SSSR count). The van der Waals surface area contributed by atoms with E-state index < -0.39 is 74.6 Å². The number of hydrogen-bond donors (Lipinski definition) is 7. The number of aliphatic hydroxyl groups is 7. The monoisotopic (exact) mass is 411 g/mol. The molecule has 0 aliphatic carbocycles. The Balaban J connectivity index is 2.05. The first kappa shape index (κ1) is 23.2. The Morgan fingerprint density at radius 1 is 0.821 bits per heavy atom. The molecule has 0 unspecified atom stereocenters. The average Bonchev–Trinajstić information content (AvgIpc) is 2.70. The van der Waals surface area contributed by atoms with Crippen molar-refractivity contribution in [3.05, 3.63) is 10.4 Å². The van der Waals surface area contributed by atoms with Crippen LogP contribution in [-0.2, 0) is 18.9 Å². The molecule has 2 heterocycles. The van der Waals surface area contributed by atoms with Crippen molar-refractivity contribution in [1.82, 2.24) is 0 Å². The maximum atomic E-state index is 10.3. The highest BCUT2D eigenvalue weighted by Crippen LogP contribution is 2.29. The summed E-state index contributed by atoms with van der Waals surface area (Å²) in [6.45, 7) is -1.51. The predicted molar refractivity (Wildman–Crippen MR) is 86.4 cm³/mol. The van der Waals surface area contributed by atoms with Gasteiger partial charge in [0.2, 0.25) is 0 Å². The molecule has 0 spiro atoms. The lowest BCUT2D eigenvalue weighted by Crippen LogP contribution is -2.64. The molecule has 162 valence electrons. The highest BCUT2D eigenvalue weighted by atomic mass is 16.7. The van der Waals surface area contributed by atoms with Crippen molar-refractivity contribution in [2.45, 2.75) is 61.4 Å². The van der Waals surface area contributed by atoms with Crippen molar-refractivity contribution >= 4 is 0 Å². The maximum absolute atomic E-state index is 10.3. The minimum absolute atomic E-state index is 0.0479. The Labute approximate surface area is 159 Å². The van der Waals surface area contributed by atoms with Gasteiger partial charge in [-0.05, 0) is 5.53 Å². The Morgan fingerprint density at radius 2 is 1.43 bits per heavy atom. The molecule has 0 bridgehead atoms. The topological polar surface area (TPSA) is 227 Å². The van der Waals surface area contributed by atoms with Crippen LogP contribution in [0, 0.1) is 0 Å². The van der Waals surface area contributed by atoms with Crippen LogP contribution in [0.4, 0.5) is 0 Å². The Hall–Kier alpha value is -1.13. The summed E-state index contributed by atoms with van der Waals surface area (Å²) in [7, 11) is 0. The van der Waals surface area contributed by atoms with E-state index in [0.29, 0.717) is 0 Å². The molecule has 28 heavy (non-hydrogen) atoms. The lowest BCUT2D eigenvalue weighted by Gasteiger charge is -2.45. The van der Waals surface area contributed by atoms with Crippen LogP contribution >= 0.6 is 0 Å². The summed E-state index contributed by atoms with van der Waals surface area (Å²) in [6.07, 6.45) is -15.1. The minimum atomic E-state index is -1.74. The smallest absolute Gasteiger partial charge is 0.187 e. The fourth-order valence-corrected chi connectivity index (χ4v) is 2.95. The van der Waals surface area contributed by atoms with Crippen molar-refractivity contribution in [2.24, 2.45) is 5.11 Å². The van der Waals surface area contributed by atoms with Gasteiger partial charge in [0.25, 0.3) is 0 Å². The molecule has 2 aliphatic heterocycles. The van der Waals surface area contributed by atoms with E-state index in [0.717, 1.165) is 0 Å². The SMILES string of the molecule is [N-]=[N+]=NCCO[C@@H]1O[C@H](CO)[C@@H](O[C@H]2O[C@H](CO)[C@@H](O)[C@H](O)[C@H]2O)[C@H](O)[C@H]1O. The van der Waals surface area contributed by atoms with Gasteiger partial charge in [0, 0.05) is 11.5 Å². The van der Waals surface area contributed by atoms with Crippen molar-refractivity contribution in [2.75, 3.05) is 26.4 Å². The molecule has 14 heteroatoms. The van der Waals surface area contributed by atoms with Gasteiger partial charge in [0.15, 0.2) is 12.6 Å².